The highest BCUT2D eigenvalue weighted by atomic mass is 32.2. The number of para-hydroxylation sites is 2. The van der Waals surface area contributed by atoms with Crippen LogP contribution >= 0.6 is 23.1 Å². The average Bonchev–Trinajstić information content (AvgIpc) is 3.18. The zero-order valence-corrected chi connectivity index (χ0v) is 19.3. The first-order chi connectivity index (χ1) is 14.6. The smallest absolute Gasteiger partial charge is 0.316 e. The monoisotopic (exact) mass is 463 g/mol. The third-order valence-electron chi connectivity index (χ3n) is 4.16. The third kappa shape index (κ3) is 7.41. The number of aromatic nitrogens is 1. The lowest BCUT2D eigenvalue weighted by Gasteiger charge is -2.18. The molecule has 1 aromatic heterocycles. The summed E-state index contributed by atoms with van der Waals surface area (Å²) in [5.74, 6) is 1.39. The highest BCUT2D eigenvalue weighted by Gasteiger charge is 2.19. The standard InChI is InChI=1S/C22H25NO4S3/c1-2-3-13-30(25)16-18(14-26-17-9-5-4-6-10-17)27-21(24)15-28-22-23-19-11-7-8-12-20(19)29-22/h4-12,18H,2-3,13-16H2,1H3. The van der Waals surface area contributed by atoms with E-state index in [9.17, 15) is 9.00 Å². The van der Waals surface area contributed by atoms with Gasteiger partial charge in [-0.15, -0.1) is 11.3 Å². The van der Waals surface area contributed by atoms with Crippen LogP contribution in [0.5, 0.6) is 5.75 Å². The Labute approximate surface area is 187 Å². The van der Waals surface area contributed by atoms with E-state index in [1.807, 2.05) is 54.6 Å². The zero-order valence-electron chi connectivity index (χ0n) is 16.8. The molecule has 0 aliphatic carbocycles. The second-order valence-corrected chi connectivity index (χ2v) is 10.5. The summed E-state index contributed by atoms with van der Waals surface area (Å²) in [5.41, 5.74) is 0.929. The summed E-state index contributed by atoms with van der Waals surface area (Å²) < 4.78 is 25.6. The van der Waals surface area contributed by atoms with Crippen LogP contribution in [0.25, 0.3) is 10.2 Å². The summed E-state index contributed by atoms with van der Waals surface area (Å²) in [6, 6.07) is 17.2. The summed E-state index contributed by atoms with van der Waals surface area (Å²) in [6.45, 7) is 2.24. The summed E-state index contributed by atoms with van der Waals surface area (Å²) in [4.78, 5) is 17.0. The van der Waals surface area contributed by atoms with Crippen LogP contribution in [0.3, 0.4) is 0 Å². The molecule has 0 fully saturated rings. The number of nitrogens with zero attached hydrogens (tertiary/aromatic N) is 1. The van der Waals surface area contributed by atoms with E-state index in [0.717, 1.165) is 27.4 Å². The molecule has 5 nitrogen and oxygen atoms in total. The van der Waals surface area contributed by atoms with Gasteiger partial charge in [0.25, 0.3) is 0 Å². The second kappa shape index (κ2) is 12.1. The van der Waals surface area contributed by atoms with Crippen LogP contribution in [-0.2, 0) is 20.3 Å². The first-order valence-electron chi connectivity index (χ1n) is 9.84. The molecule has 0 amide bonds. The molecule has 0 bridgehead atoms. The van der Waals surface area contributed by atoms with Crippen LogP contribution in [0.4, 0.5) is 0 Å². The molecule has 3 aromatic rings. The van der Waals surface area contributed by atoms with E-state index < -0.39 is 16.9 Å². The highest BCUT2D eigenvalue weighted by molar-refractivity contribution is 8.01. The average molecular weight is 464 g/mol. The molecule has 2 atom stereocenters. The summed E-state index contributed by atoms with van der Waals surface area (Å²) in [5, 5.41) is 0. The first-order valence-corrected chi connectivity index (χ1v) is 13.1. The lowest BCUT2D eigenvalue weighted by Crippen LogP contribution is -2.31. The minimum absolute atomic E-state index is 0.156. The van der Waals surface area contributed by atoms with Gasteiger partial charge in [0.1, 0.15) is 18.5 Å². The number of thiazole rings is 1. The molecule has 8 heteroatoms. The van der Waals surface area contributed by atoms with E-state index in [0.29, 0.717) is 11.5 Å². The minimum Gasteiger partial charge on any atom is -0.490 e. The number of hydrogen-bond acceptors (Lipinski definition) is 7. The number of carbonyl (C=O) groups is 1. The largest absolute Gasteiger partial charge is 0.490 e. The molecule has 1 heterocycles. The van der Waals surface area contributed by atoms with Crippen molar-refractivity contribution in [2.45, 2.75) is 30.2 Å². The van der Waals surface area contributed by atoms with Crippen molar-refractivity contribution in [3.05, 3.63) is 54.6 Å². The van der Waals surface area contributed by atoms with Crippen LogP contribution in [0.1, 0.15) is 19.8 Å². The normalized spacial score (nSPS) is 13.1. The van der Waals surface area contributed by atoms with E-state index in [-0.39, 0.29) is 24.1 Å². The van der Waals surface area contributed by atoms with Crippen molar-refractivity contribution >= 4 is 50.1 Å². The Balaban J connectivity index is 1.54. The molecule has 0 saturated carbocycles. The number of fused-ring (bicyclic) bond motifs is 1. The first kappa shape index (κ1) is 22.8. The summed E-state index contributed by atoms with van der Waals surface area (Å²) in [7, 11) is -1.05. The maximum absolute atomic E-state index is 12.4. The van der Waals surface area contributed by atoms with Crippen molar-refractivity contribution in [2.24, 2.45) is 0 Å². The van der Waals surface area contributed by atoms with Gasteiger partial charge in [-0.25, -0.2) is 4.98 Å². The number of ether oxygens (including phenoxy) is 2. The van der Waals surface area contributed by atoms with Gasteiger partial charge in [-0.2, -0.15) is 0 Å². The molecule has 160 valence electrons. The topological polar surface area (TPSA) is 65.5 Å². The van der Waals surface area contributed by atoms with Crippen LogP contribution < -0.4 is 4.74 Å². The van der Waals surface area contributed by atoms with E-state index in [1.54, 1.807) is 11.3 Å². The third-order valence-corrected chi connectivity index (χ3v) is 7.80. The molecule has 2 unspecified atom stereocenters. The van der Waals surface area contributed by atoms with Crippen LogP contribution in [0.2, 0.25) is 0 Å². The Morgan fingerprint density at radius 3 is 2.70 bits per heavy atom. The Bertz CT molecular complexity index is 928. The predicted molar refractivity (Wildman–Crippen MR) is 125 cm³/mol. The molecule has 0 radical (unpaired) electrons. The van der Waals surface area contributed by atoms with Gasteiger partial charge in [0.2, 0.25) is 0 Å². The van der Waals surface area contributed by atoms with Gasteiger partial charge >= 0.3 is 5.97 Å². The molecule has 0 aliphatic rings. The molecule has 0 saturated heterocycles. The molecule has 0 aliphatic heterocycles. The van der Waals surface area contributed by atoms with Gasteiger partial charge in [-0.3, -0.25) is 9.00 Å². The number of esters is 1. The fourth-order valence-corrected chi connectivity index (χ4v) is 5.88. The van der Waals surface area contributed by atoms with Crippen molar-refractivity contribution in [2.75, 3.05) is 23.9 Å². The number of carbonyl (C=O) groups excluding carboxylic acids is 1. The maximum atomic E-state index is 12.4. The lowest BCUT2D eigenvalue weighted by atomic mass is 10.3. The van der Waals surface area contributed by atoms with Gasteiger partial charge in [0.15, 0.2) is 4.34 Å². The van der Waals surface area contributed by atoms with E-state index in [4.69, 9.17) is 9.47 Å². The van der Waals surface area contributed by atoms with Crippen molar-refractivity contribution in [3.63, 3.8) is 0 Å². The van der Waals surface area contributed by atoms with Crippen molar-refractivity contribution < 1.29 is 18.5 Å². The van der Waals surface area contributed by atoms with Gasteiger partial charge in [0.05, 0.1) is 21.7 Å². The van der Waals surface area contributed by atoms with Gasteiger partial charge in [-0.05, 0) is 30.7 Å². The Kier molecular flexibility index (Phi) is 9.17. The van der Waals surface area contributed by atoms with E-state index in [2.05, 4.69) is 11.9 Å². The van der Waals surface area contributed by atoms with Gasteiger partial charge < -0.3 is 9.47 Å². The van der Waals surface area contributed by atoms with Crippen molar-refractivity contribution in [3.8, 4) is 5.75 Å². The predicted octanol–water partition coefficient (Wildman–Crippen LogP) is 4.93. The molecule has 2 aromatic carbocycles. The number of hydrogen-bond donors (Lipinski definition) is 0. The van der Waals surface area contributed by atoms with E-state index >= 15 is 0 Å². The molecule has 3 rings (SSSR count). The zero-order chi connectivity index (χ0) is 21.2. The summed E-state index contributed by atoms with van der Waals surface area (Å²) >= 11 is 2.92. The Morgan fingerprint density at radius 2 is 1.93 bits per heavy atom. The Hall–Kier alpha value is -1.90. The Morgan fingerprint density at radius 1 is 1.17 bits per heavy atom. The SMILES string of the molecule is CCCCS(=O)CC(COc1ccccc1)OC(=O)CSc1nc2ccccc2s1. The highest BCUT2D eigenvalue weighted by Crippen LogP contribution is 2.29. The number of unbranched alkanes of at least 4 members (excludes halogenated alkanes) is 1. The van der Waals surface area contributed by atoms with Gasteiger partial charge in [-0.1, -0.05) is 55.4 Å². The van der Waals surface area contributed by atoms with E-state index in [1.165, 1.54) is 11.8 Å². The molecule has 0 N–H and O–H groups in total. The number of benzene rings is 2. The second-order valence-electron chi connectivity index (χ2n) is 6.64. The fraction of sp³-hybridized carbons (Fsp3) is 0.364. The molecule has 30 heavy (non-hydrogen) atoms. The van der Waals surface area contributed by atoms with Gasteiger partial charge in [0, 0.05) is 16.6 Å². The number of rotatable bonds is 12. The molecule has 0 spiro atoms. The van der Waals surface area contributed by atoms with Crippen molar-refractivity contribution in [1.29, 1.82) is 0 Å². The fourth-order valence-electron chi connectivity index (χ4n) is 2.67. The molecular formula is C22H25NO4S3. The lowest BCUT2D eigenvalue weighted by molar-refractivity contribution is -0.146. The quantitative estimate of drug-likeness (QED) is 0.280. The minimum atomic E-state index is -1.05. The maximum Gasteiger partial charge on any atom is 0.316 e. The van der Waals surface area contributed by atoms with Crippen LogP contribution in [0, 0.1) is 0 Å². The van der Waals surface area contributed by atoms with Crippen LogP contribution in [-0.4, -0.2) is 45.1 Å². The molecular weight excluding hydrogens is 438 g/mol. The number of thioether (sulfide) groups is 1. The summed E-state index contributed by atoms with van der Waals surface area (Å²) in [6.07, 6.45) is 1.32. The van der Waals surface area contributed by atoms with Crippen molar-refractivity contribution in [1.82, 2.24) is 4.98 Å². The van der Waals surface area contributed by atoms with Crippen LogP contribution in [0.15, 0.2) is 58.9 Å².